The molecule has 1 heterocycles. The van der Waals surface area contributed by atoms with E-state index in [-0.39, 0.29) is 5.41 Å². The zero-order valence-corrected chi connectivity index (χ0v) is 9.84. The molecule has 0 atom stereocenters. The number of rotatable bonds is 1. The lowest BCUT2D eigenvalue weighted by Gasteiger charge is -2.18. The predicted octanol–water partition coefficient (Wildman–Crippen LogP) is 2.55. The minimum Gasteiger partial charge on any atom is -0.480 e. The SMILES string of the molecule is COc1cc(Br)c(C(C)(C)C)nn1. The number of halogens is 1. The molecule has 0 aliphatic heterocycles. The third kappa shape index (κ3) is 2.40. The van der Waals surface area contributed by atoms with Gasteiger partial charge in [-0.2, -0.15) is 5.10 Å². The molecule has 0 saturated heterocycles. The highest BCUT2D eigenvalue weighted by atomic mass is 79.9. The van der Waals surface area contributed by atoms with E-state index in [0.29, 0.717) is 5.88 Å². The van der Waals surface area contributed by atoms with E-state index < -0.39 is 0 Å². The maximum absolute atomic E-state index is 4.96. The highest BCUT2D eigenvalue weighted by Crippen LogP contribution is 2.28. The molecule has 0 unspecified atom stereocenters. The van der Waals surface area contributed by atoms with E-state index in [4.69, 9.17) is 4.74 Å². The average Bonchev–Trinajstić information content (AvgIpc) is 2.01. The Kier molecular flexibility index (Phi) is 2.91. The quantitative estimate of drug-likeness (QED) is 0.762. The fourth-order valence-corrected chi connectivity index (χ4v) is 1.83. The molecule has 0 N–H and O–H groups in total. The molecular weight excluding hydrogens is 232 g/mol. The van der Waals surface area contributed by atoms with E-state index in [1.165, 1.54) is 0 Å². The molecule has 0 radical (unpaired) electrons. The molecule has 72 valence electrons. The highest BCUT2D eigenvalue weighted by molar-refractivity contribution is 9.10. The fraction of sp³-hybridized carbons (Fsp3) is 0.556. The van der Waals surface area contributed by atoms with Crippen LogP contribution in [-0.4, -0.2) is 17.3 Å². The zero-order chi connectivity index (χ0) is 10.1. The van der Waals surface area contributed by atoms with Crippen molar-refractivity contribution in [2.24, 2.45) is 0 Å². The summed E-state index contributed by atoms with van der Waals surface area (Å²) in [5.74, 6) is 0.528. The Bertz CT molecular complexity index is 307. The summed E-state index contributed by atoms with van der Waals surface area (Å²) >= 11 is 3.44. The van der Waals surface area contributed by atoms with Crippen molar-refractivity contribution in [1.29, 1.82) is 0 Å². The van der Waals surface area contributed by atoms with Crippen LogP contribution < -0.4 is 4.74 Å². The monoisotopic (exact) mass is 244 g/mol. The van der Waals surface area contributed by atoms with Gasteiger partial charge in [-0.25, -0.2) is 0 Å². The summed E-state index contributed by atoms with van der Waals surface area (Å²) in [6.07, 6.45) is 0. The van der Waals surface area contributed by atoms with E-state index in [9.17, 15) is 0 Å². The Morgan fingerprint density at radius 2 is 1.92 bits per heavy atom. The Morgan fingerprint density at radius 1 is 1.31 bits per heavy atom. The van der Waals surface area contributed by atoms with Gasteiger partial charge >= 0.3 is 0 Å². The molecule has 0 aromatic carbocycles. The largest absolute Gasteiger partial charge is 0.480 e. The summed E-state index contributed by atoms with van der Waals surface area (Å²) < 4.78 is 5.90. The van der Waals surface area contributed by atoms with E-state index in [2.05, 4.69) is 46.9 Å². The lowest BCUT2D eigenvalue weighted by molar-refractivity contribution is 0.388. The van der Waals surface area contributed by atoms with E-state index >= 15 is 0 Å². The maximum Gasteiger partial charge on any atom is 0.234 e. The summed E-state index contributed by atoms with van der Waals surface area (Å²) in [5.41, 5.74) is 0.936. The number of aromatic nitrogens is 2. The molecule has 4 heteroatoms. The molecule has 0 saturated carbocycles. The predicted molar refractivity (Wildman–Crippen MR) is 55.0 cm³/mol. The van der Waals surface area contributed by atoms with Crippen molar-refractivity contribution >= 4 is 15.9 Å². The van der Waals surface area contributed by atoms with Gasteiger partial charge in [0, 0.05) is 16.0 Å². The molecule has 0 bridgehead atoms. The molecule has 3 nitrogen and oxygen atoms in total. The van der Waals surface area contributed by atoms with Crippen LogP contribution in [0.3, 0.4) is 0 Å². The normalized spacial score (nSPS) is 11.5. The molecule has 0 amide bonds. The molecule has 0 aliphatic rings. The molecule has 1 rings (SSSR count). The van der Waals surface area contributed by atoms with Crippen molar-refractivity contribution in [2.45, 2.75) is 26.2 Å². The second-order valence-corrected chi connectivity index (χ2v) is 4.69. The number of nitrogens with zero attached hydrogens (tertiary/aromatic N) is 2. The number of hydrogen-bond donors (Lipinski definition) is 0. The third-order valence-corrected chi connectivity index (χ3v) is 2.25. The molecule has 0 aliphatic carbocycles. The van der Waals surface area contributed by atoms with Gasteiger partial charge in [0.05, 0.1) is 12.8 Å². The van der Waals surface area contributed by atoms with Gasteiger partial charge < -0.3 is 4.74 Å². The van der Waals surface area contributed by atoms with Crippen LogP contribution in [0.15, 0.2) is 10.5 Å². The third-order valence-electron chi connectivity index (χ3n) is 1.64. The van der Waals surface area contributed by atoms with Crippen molar-refractivity contribution in [3.8, 4) is 5.88 Å². The average molecular weight is 245 g/mol. The minimum absolute atomic E-state index is 0.00188. The minimum atomic E-state index is -0.00188. The highest BCUT2D eigenvalue weighted by Gasteiger charge is 2.19. The second-order valence-electron chi connectivity index (χ2n) is 3.83. The Morgan fingerprint density at radius 3 is 2.31 bits per heavy atom. The Labute approximate surface area is 86.6 Å². The number of methoxy groups -OCH3 is 1. The summed E-state index contributed by atoms with van der Waals surface area (Å²) in [5, 5.41) is 8.02. The Hall–Kier alpha value is -0.640. The zero-order valence-electron chi connectivity index (χ0n) is 8.26. The first kappa shape index (κ1) is 10.4. The van der Waals surface area contributed by atoms with E-state index in [1.807, 2.05) is 6.07 Å². The van der Waals surface area contributed by atoms with Gasteiger partial charge in [-0.05, 0) is 15.9 Å². The standard InChI is InChI=1S/C9H13BrN2O/c1-9(2,3)8-6(10)5-7(13-4)11-12-8/h5H,1-4H3. The van der Waals surface area contributed by atoms with Gasteiger partial charge in [-0.3, -0.25) is 0 Å². The van der Waals surface area contributed by atoms with Gasteiger partial charge in [0.2, 0.25) is 5.88 Å². The lowest BCUT2D eigenvalue weighted by Crippen LogP contribution is -2.15. The van der Waals surface area contributed by atoms with Crippen molar-refractivity contribution in [3.05, 3.63) is 16.2 Å². The van der Waals surface area contributed by atoms with Crippen LogP contribution in [0.2, 0.25) is 0 Å². The smallest absolute Gasteiger partial charge is 0.234 e. The molecule has 0 fully saturated rings. The summed E-state index contributed by atoms with van der Waals surface area (Å²) in [6.45, 7) is 6.27. The van der Waals surface area contributed by atoms with Crippen LogP contribution in [0.4, 0.5) is 0 Å². The van der Waals surface area contributed by atoms with Crippen LogP contribution in [0, 0.1) is 0 Å². The molecular formula is C9H13BrN2O. The van der Waals surface area contributed by atoms with Gasteiger partial charge in [0.15, 0.2) is 0 Å². The first-order valence-electron chi connectivity index (χ1n) is 4.03. The van der Waals surface area contributed by atoms with Gasteiger partial charge in [0.1, 0.15) is 0 Å². The summed E-state index contributed by atoms with van der Waals surface area (Å²) in [6, 6.07) is 1.83. The van der Waals surface area contributed by atoms with Crippen LogP contribution >= 0.6 is 15.9 Å². The van der Waals surface area contributed by atoms with Gasteiger partial charge in [-0.1, -0.05) is 20.8 Å². The summed E-state index contributed by atoms with van der Waals surface area (Å²) in [4.78, 5) is 0. The molecule has 1 aromatic rings. The topological polar surface area (TPSA) is 35.0 Å². The fourth-order valence-electron chi connectivity index (χ4n) is 0.961. The lowest BCUT2D eigenvalue weighted by atomic mass is 9.92. The molecule has 1 aromatic heterocycles. The van der Waals surface area contributed by atoms with Crippen molar-refractivity contribution in [3.63, 3.8) is 0 Å². The van der Waals surface area contributed by atoms with Crippen molar-refractivity contribution in [1.82, 2.24) is 10.2 Å². The first-order valence-corrected chi connectivity index (χ1v) is 4.82. The van der Waals surface area contributed by atoms with Crippen LogP contribution in [0.25, 0.3) is 0 Å². The molecule has 0 spiro atoms. The first-order chi connectivity index (χ1) is 5.95. The van der Waals surface area contributed by atoms with E-state index in [0.717, 1.165) is 10.2 Å². The van der Waals surface area contributed by atoms with Gasteiger partial charge in [-0.15, -0.1) is 5.10 Å². The van der Waals surface area contributed by atoms with Crippen LogP contribution in [-0.2, 0) is 5.41 Å². The number of ether oxygens (including phenoxy) is 1. The van der Waals surface area contributed by atoms with E-state index in [1.54, 1.807) is 7.11 Å². The van der Waals surface area contributed by atoms with Crippen LogP contribution in [0.1, 0.15) is 26.5 Å². The van der Waals surface area contributed by atoms with Crippen molar-refractivity contribution < 1.29 is 4.74 Å². The van der Waals surface area contributed by atoms with Crippen LogP contribution in [0.5, 0.6) is 5.88 Å². The van der Waals surface area contributed by atoms with Gasteiger partial charge in [0.25, 0.3) is 0 Å². The maximum atomic E-state index is 4.96. The number of hydrogen-bond acceptors (Lipinski definition) is 3. The Balaban J connectivity index is 3.13. The van der Waals surface area contributed by atoms with Crippen molar-refractivity contribution in [2.75, 3.05) is 7.11 Å². The molecule has 13 heavy (non-hydrogen) atoms. The summed E-state index contributed by atoms with van der Waals surface area (Å²) in [7, 11) is 1.58. The second kappa shape index (κ2) is 3.62.